The van der Waals surface area contributed by atoms with Crippen molar-refractivity contribution in [2.24, 2.45) is 5.92 Å². The van der Waals surface area contributed by atoms with Crippen LogP contribution in [0.5, 0.6) is 0 Å². The Morgan fingerprint density at radius 1 is 1.12 bits per heavy atom. The van der Waals surface area contributed by atoms with Crippen LogP contribution in [-0.2, 0) is 9.59 Å². The highest BCUT2D eigenvalue weighted by Gasteiger charge is 2.46. The van der Waals surface area contributed by atoms with Crippen molar-refractivity contribution >= 4 is 17.4 Å². The number of hydrogen-bond acceptors (Lipinski definition) is 3. The number of ketones is 1. The Bertz CT molecular complexity index is 874. The quantitative estimate of drug-likeness (QED) is 0.515. The molecule has 2 aromatic carbocycles. The lowest BCUT2D eigenvalue weighted by molar-refractivity contribution is -0.140. The van der Waals surface area contributed by atoms with Crippen molar-refractivity contribution in [3.8, 4) is 0 Å². The van der Waals surface area contributed by atoms with Crippen LogP contribution in [0, 0.1) is 11.7 Å². The van der Waals surface area contributed by atoms with Crippen LogP contribution in [-0.4, -0.2) is 28.2 Å². The summed E-state index contributed by atoms with van der Waals surface area (Å²) in [5, 5.41) is 10.7. The summed E-state index contributed by atoms with van der Waals surface area (Å²) in [6.45, 7) is 4.19. The molecule has 0 radical (unpaired) electrons. The highest BCUT2D eigenvalue weighted by atomic mass is 19.1. The molecule has 1 aliphatic heterocycles. The number of nitrogens with zero attached hydrogens (tertiary/aromatic N) is 1. The molecule has 0 saturated carbocycles. The first-order chi connectivity index (χ1) is 12.4. The molecule has 26 heavy (non-hydrogen) atoms. The molecule has 0 spiro atoms. The van der Waals surface area contributed by atoms with Gasteiger partial charge in [-0.25, -0.2) is 4.39 Å². The van der Waals surface area contributed by atoms with Crippen molar-refractivity contribution in [1.82, 2.24) is 4.90 Å². The minimum Gasteiger partial charge on any atom is -0.507 e. The number of halogens is 1. The van der Waals surface area contributed by atoms with Gasteiger partial charge in [0.15, 0.2) is 0 Å². The van der Waals surface area contributed by atoms with Gasteiger partial charge in [0.1, 0.15) is 11.6 Å². The molecule has 1 atom stereocenters. The molecule has 134 valence electrons. The van der Waals surface area contributed by atoms with Crippen LogP contribution in [0.2, 0.25) is 0 Å². The number of Topliss-reactive ketones (excluding diaryl/α,β-unsaturated/α-hetero) is 1. The molecular weight excluding hydrogens is 333 g/mol. The Labute approximate surface area is 151 Å². The fourth-order valence-electron chi connectivity index (χ4n) is 3.24. The van der Waals surface area contributed by atoms with E-state index < -0.39 is 23.5 Å². The van der Waals surface area contributed by atoms with Crippen molar-refractivity contribution in [1.29, 1.82) is 0 Å². The minimum atomic E-state index is -0.812. The van der Waals surface area contributed by atoms with Gasteiger partial charge in [-0.2, -0.15) is 0 Å². The van der Waals surface area contributed by atoms with Gasteiger partial charge in [-0.1, -0.05) is 56.3 Å². The maximum absolute atomic E-state index is 13.8. The lowest BCUT2D eigenvalue weighted by atomic mass is 9.95. The van der Waals surface area contributed by atoms with Gasteiger partial charge >= 0.3 is 0 Å². The molecule has 0 bridgehead atoms. The number of aliphatic hydroxyl groups is 1. The first-order valence-electron chi connectivity index (χ1n) is 8.49. The third-order valence-electron chi connectivity index (χ3n) is 4.31. The van der Waals surface area contributed by atoms with E-state index in [9.17, 15) is 19.1 Å². The second kappa shape index (κ2) is 7.12. The van der Waals surface area contributed by atoms with E-state index in [1.54, 1.807) is 36.4 Å². The van der Waals surface area contributed by atoms with E-state index in [-0.39, 0.29) is 17.3 Å². The molecule has 2 aromatic rings. The summed E-state index contributed by atoms with van der Waals surface area (Å²) >= 11 is 0. The van der Waals surface area contributed by atoms with Gasteiger partial charge < -0.3 is 10.0 Å². The smallest absolute Gasteiger partial charge is 0.295 e. The molecular formula is C21H20FNO3. The Morgan fingerprint density at radius 2 is 1.81 bits per heavy atom. The predicted octanol–water partition coefficient (Wildman–Crippen LogP) is 3.90. The molecule has 1 amide bonds. The average molecular weight is 353 g/mol. The maximum Gasteiger partial charge on any atom is 0.295 e. The molecule has 1 unspecified atom stereocenters. The van der Waals surface area contributed by atoms with E-state index in [2.05, 4.69) is 0 Å². The van der Waals surface area contributed by atoms with Gasteiger partial charge in [0, 0.05) is 12.1 Å². The molecule has 4 nitrogen and oxygen atoms in total. The van der Waals surface area contributed by atoms with Gasteiger partial charge in [-0.05, 0) is 23.6 Å². The summed E-state index contributed by atoms with van der Waals surface area (Å²) in [5.41, 5.74) is 0.895. The van der Waals surface area contributed by atoms with E-state index in [4.69, 9.17) is 0 Å². The lowest BCUT2D eigenvalue weighted by Crippen LogP contribution is -2.33. The highest BCUT2D eigenvalue weighted by molar-refractivity contribution is 6.46. The normalized spacial score (nSPS) is 19.4. The van der Waals surface area contributed by atoms with E-state index in [1.807, 2.05) is 13.8 Å². The average Bonchev–Trinajstić information content (AvgIpc) is 2.86. The number of aliphatic hydroxyl groups excluding tert-OH is 1. The van der Waals surface area contributed by atoms with Gasteiger partial charge in [-0.15, -0.1) is 0 Å². The van der Waals surface area contributed by atoms with Gasteiger partial charge in [0.25, 0.3) is 11.7 Å². The largest absolute Gasteiger partial charge is 0.507 e. The van der Waals surface area contributed by atoms with Gasteiger partial charge in [-0.3, -0.25) is 9.59 Å². The Morgan fingerprint density at radius 3 is 2.42 bits per heavy atom. The molecule has 0 aromatic heterocycles. The molecule has 0 aliphatic carbocycles. The SMILES string of the molecule is CC(C)CN1C(=O)C(=O)/C(=C(/O)c2ccccc2)C1c1cccc(F)c1. The Hall–Kier alpha value is -2.95. The maximum atomic E-state index is 13.8. The number of hydrogen-bond donors (Lipinski definition) is 1. The van der Waals surface area contributed by atoms with E-state index in [1.165, 1.54) is 23.1 Å². The number of amides is 1. The third kappa shape index (κ3) is 3.25. The van der Waals surface area contributed by atoms with Crippen molar-refractivity contribution in [3.05, 3.63) is 77.1 Å². The van der Waals surface area contributed by atoms with Crippen LogP contribution < -0.4 is 0 Å². The van der Waals surface area contributed by atoms with Gasteiger partial charge in [0.05, 0.1) is 11.6 Å². The Kier molecular flexibility index (Phi) is 4.89. The standard InChI is InChI=1S/C21H20FNO3/c1-13(2)12-23-18(15-9-6-10-16(22)11-15)17(20(25)21(23)26)19(24)14-7-4-3-5-8-14/h3-11,13,18,24H,12H2,1-2H3/b19-17+. The van der Waals surface area contributed by atoms with E-state index in [0.717, 1.165) is 0 Å². The van der Waals surface area contributed by atoms with Crippen molar-refractivity contribution in [2.75, 3.05) is 6.54 Å². The van der Waals surface area contributed by atoms with Crippen LogP contribution in [0.3, 0.4) is 0 Å². The first-order valence-corrected chi connectivity index (χ1v) is 8.49. The van der Waals surface area contributed by atoms with E-state index >= 15 is 0 Å². The fourth-order valence-corrected chi connectivity index (χ4v) is 3.24. The summed E-state index contributed by atoms with van der Waals surface area (Å²) < 4.78 is 13.8. The van der Waals surface area contributed by atoms with Gasteiger partial charge in [0.2, 0.25) is 0 Å². The number of carbonyl (C=O) groups excluding carboxylic acids is 2. The summed E-state index contributed by atoms with van der Waals surface area (Å²) in [6.07, 6.45) is 0. The predicted molar refractivity (Wildman–Crippen MR) is 96.7 cm³/mol. The zero-order valence-electron chi connectivity index (χ0n) is 14.6. The van der Waals surface area contributed by atoms with E-state index in [0.29, 0.717) is 17.7 Å². The van der Waals surface area contributed by atoms with Crippen molar-refractivity contribution < 1.29 is 19.1 Å². The fraction of sp³-hybridized carbons (Fsp3) is 0.238. The summed E-state index contributed by atoms with van der Waals surface area (Å²) in [5.74, 6) is -2.02. The zero-order chi connectivity index (χ0) is 18.8. The minimum absolute atomic E-state index is 0.00699. The number of rotatable bonds is 4. The lowest BCUT2D eigenvalue weighted by Gasteiger charge is -2.26. The molecule has 1 fully saturated rings. The summed E-state index contributed by atoms with van der Waals surface area (Å²) in [4.78, 5) is 26.7. The van der Waals surface area contributed by atoms with Crippen molar-refractivity contribution in [3.63, 3.8) is 0 Å². The van der Waals surface area contributed by atoms with Crippen LogP contribution >= 0.6 is 0 Å². The van der Waals surface area contributed by atoms with Crippen LogP contribution in [0.25, 0.3) is 5.76 Å². The number of likely N-dealkylation sites (tertiary alicyclic amines) is 1. The second-order valence-corrected chi connectivity index (χ2v) is 6.77. The summed E-state index contributed by atoms with van der Waals surface area (Å²) in [7, 11) is 0. The Balaban J connectivity index is 2.20. The number of carbonyl (C=O) groups is 2. The molecule has 1 N–H and O–H groups in total. The first kappa shape index (κ1) is 17.9. The van der Waals surface area contributed by atoms with Crippen LogP contribution in [0.1, 0.15) is 31.0 Å². The third-order valence-corrected chi connectivity index (χ3v) is 4.31. The molecule has 3 rings (SSSR count). The second-order valence-electron chi connectivity index (χ2n) is 6.77. The molecule has 5 heteroatoms. The summed E-state index contributed by atoms with van der Waals surface area (Å²) in [6, 6.07) is 13.5. The van der Waals surface area contributed by atoms with Crippen molar-refractivity contribution in [2.45, 2.75) is 19.9 Å². The number of benzene rings is 2. The van der Waals surface area contributed by atoms with Crippen LogP contribution in [0.15, 0.2) is 60.2 Å². The molecule has 1 saturated heterocycles. The van der Waals surface area contributed by atoms with Crippen LogP contribution in [0.4, 0.5) is 4.39 Å². The zero-order valence-corrected chi connectivity index (χ0v) is 14.6. The molecule has 1 heterocycles. The monoisotopic (exact) mass is 353 g/mol. The topological polar surface area (TPSA) is 57.6 Å². The highest BCUT2D eigenvalue weighted by Crippen LogP contribution is 2.39. The molecule has 1 aliphatic rings.